The molecule has 0 bridgehead atoms. The Balaban J connectivity index is 2.24. The normalized spacial score (nSPS) is 11.1. The zero-order chi connectivity index (χ0) is 14.2. The molecule has 2 heteroatoms. The molecule has 0 spiro atoms. The molecule has 0 heterocycles. The monoisotopic (exact) mass is 264 g/mol. The predicted octanol–water partition coefficient (Wildman–Crippen LogP) is 3.39. The van der Waals surface area contributed by atoms with Crippen molar-refractivity contribution < 1.29 is 9.53 Å². The number of benzene rings is 2. The van der Waals surface area contributed by atoms with Gasteiger partial charge in [0.15, 0.2) is 0 Å². The minimum absolute atomic E-state index is 0.149. The van der Waals surface area contributed by atoms with Crippen molar-refractivity contribution in [2.24, 2.45) is 0 Å². The number of carbonyl (C=O) groups is 1. The Bertz CT molecular complexity index is 606. The predicted molar refractivity (Wildman–Crippen MR) is 79.1 cm³/mol. The van der Waals surface area contributed by atoms with Crippen molar-refractivity contribution >= 4 is 5.97 Å². The molecule has 2 aromatic rings. The molecule has 2 aromatic carbocycles. The largest absolute Gasteiger partial charge is 0.469 e. The molecule has 2 nitrogen and oxygen atoms in total. The van der Waals surface area contributed by atoms with E-state index in [4.69, 9.17) is 4.74 Å². The molecule has 0 radical (unpaired) electrons. The smallest absolute Gasteiger partial charge is 0.307 e. The van der Waals surface area contributed by atoms with Crippen LogP contribution in [0.4, 0.5) is 0 Å². The van der Waals surface area contributed by atoms with Gasteiger partial charge in [0.25, 0.3) is 0 Å². The van der Waals surface area contributed by atoms with Crippen molar-refractivity contribution in [2.75, 3.05) is 7.11 Å². The fraction of sp³-hybridized carbons (Fsp3) is 0.167. The summed E-state index contributed by atoms with van der Waals surface area (Å²) in [5.74, 6) is 5.88. The highest BCUT2D eigenvalue weighted by Gasteiger charge is 2.13. The number of esters is 1. The molecule has 0 aliphatic rings. The van der Waals surface area contributed by atoms with Gasteiger partial charge in [0.05, 0.1) is 19.4 Å². The zero-order valence-electron chi connectivity index (χ0n) is 11.4. The number of ether oxygens (including phenoxy) is 1. The average Bonchev–Trinajstić information content (AvgIpc) is 2.53. The van der Waals surface area contributed by atoms with Crippen molar-refractivity contribution in [3.05, 3.63) is 71.8 Å². The summed E-state index contributed by atoms with van der Waals surface area (Å²) in [7, 11) is 1.40. The molecule has 2 rings (SSSR count). The summed E-state index contributed by atoms with van der Waals surface area (Å²) in [5, 5.41) is 0. The Morgan fingerprint density at radius 3 is 2.25 bits per heavy atom. The van der Waals surface area contributed by atoms with Gasteiger partial charge >= 0.3 is 5.97 Å². The summed E-state index contributed by atoms with van der Waals surface area (Å²) in [6, 6.07) is 19.6. The van der Waals surface area contributed by atoms with Crippen LogP contribution < -0.4 is 0 Å². The summed E-state index contributed by atoms with van der Waals surface area (Å²) in [5.41, 5.74) is 1.97. The fourth-order valence-corrected chi connectivity index (χ4v) is 1.88. The molecular formula is C18H16O2. The van der Waals surface area contributed by atoms with Crippen LogP contribution in [0, 0.1) is 11.8 Å². The van der Waals surface area contributed by atoms with Crippen LogP contribution in [0.3, 0.4) is 0 Å². The summed E-state index contributed by atoms with van der Waals surface area (Å²) in [6.45, 7) is 0. The summed E-state index contributed by atoms with van der Waals surface area (Å²) < 4.78 is 4.75. The first-order valence-corrected chi connectivity index (χ1v) is 6.48. The maximum absolute atomic E-state index is 11.5. The molecule has 0 saturated carbocycles. The average molecular weight is 264 g/mol. The van der Waals surface area contributed by atoms with Crippen LogP contribution in [0.1, 0.15) is 23.5 Å². The quantitative estimate of drug-likeness (QED) is 0.627. The first-order valence-electron chi connectivity index (χ1n) is 6.48. The molecule has 0 aromatic heterocycles. The maximum atomic E-state index is 11.5. The van der Waals surface area contributed by atoms with Gasteiger partial charge in [-0.1, -0.05) is 60.4 Å². The molecular weight excluding hydrogens is 248 g/mol. The van der Waals surface area contributed by atoms with E-state index in [1.807, 2.05) is 60.7 Å². The van der Waals surface area contributed by atoms with E-state index in [9.17, 15) is 4.79 Å². The Morgan fingerprint density at radius 1 is 1.05 bits per heavy atom. The van der Waals surface area contributed by atoms with E-state index >= 15 is 0 Å². The summed E-state index contributed by atoms with van der Waals surface area (Å²) in [4.78, 5) is 11.5. The first-order chi connectivity index (χ1) is 9.79. The van der Waals surface area contributed by atoms with Gasteiger partial charge < -0.3 is 4.74 Å². The van der Waals surface area contributed by atoms with Crippen LogP contribution in [-0.4, -0.2) is 13.1 Å². The number of hydrogen-bond donors (Lipinski definition) is 0. The molecule has 0 fully saturated rings. The van der Waals surface area contributed by atoms with E-state index in [0.717, 1.165) is 11.1 Å². The van der Waals surface area contributed by atoms with Gasteiger partial charge in [-0.15, -0.1) is 0 Å². The van der Waals surface area contributed by atoms with E-state index < -0.39 is 0 Å². The molecule has 20 heavy (non-hydrogen) atoms. The third-order valence-corrected chi connectivity index (χ3v) is 2.96. The van der Waals surface area contributed by atoms with Crippen molar-refractivity contribution in [3.63, 3.8) is 0 Å². The highest BCUT2D eigenvalue weighted by atomic mass is 16.5. The first kappa shape index (κ1) is 13.9. The second-order valence-corrected chi connectivity index (χ2v) is 4.38. The van der Waals surface area contributed by atoms with Crippen molar-refractivity contribution in [1.29, 1.82) is 0 Å². The van der Waals surface area contributed by atoms with Crippen molar-refractivity contribution in [1.82, 2.24) is 0 Å². The van der Waals surface area contributed by atoms with Gasteiger partial charge in [-0.2, -0.15) is 0 Å². The number of methoxy groups -OCH3 is 1. The lowest BCUT2D eigenvalue weighted by molar-refractivity contribution is -0.140. The Hall–Kier alpha value is -2.53. The highest BCUT2D eigenvalue weighted by molar-refractivity contribution is 5.71. The lowest BCUT2D eigenvalue weighted by Crippen LogP contribution is -2.07. The van der Waals surface area contributed by atoms with E-state index in [1.165, 1.54) is 7.11 Å². The lowest BCUT2D eigenvalue weighted by Gasteiger charge is -2.09. The van der Waals surface area contributed by atoms with Crippen molar-refractivity contribution in [2.45, 2.75) is 12.3 Å². The van der Waals surface area contributed by atoms with Gasteiger partial charge in [0.2, 0.25) is 0 Å². The van der Waals surface area contributed by atoms with Crippen LogP contribution in [0.2, 0.25) is 0 Å². The Kier molecular flexibility index (Phi) is 4.97. The van der Waals surface area contributed by atoms with Crippen LogP contribution in [-0.2, 0) is 9.53 Å². The van der Waals surface area contributed by atoms with Gasteiger partial charge in [0, 0.05) is 5.56 Å². The highest BCUT2D eigenvalue weighted by Crippen LogP contribution is 2.19. The van der Waals surface area contributed by atoms with E-state index in [1.54, 1.807) is 0 Å². The fourth-order valence-electron chi connectivity index (χ4n) is 1.88. The molecule has 100 valence electrons. The molecule has 0 N–H and O–H groups in total. The molecule has 0 amide bonds. The Morgan fingerprint density at radius 2 is 1.65 bits per heavy atom. The number of rotatable bonds is 3. The van der Waals surface area contributed by atoms with Gasteiger partial charge in [-0.3, -0.25) is 4.79 Å². The molecule has 0 saturated heterocycles. The van der Waals surface area contributed by atoms with Crippen LogP contribution >= 0.6 is 0 Å². The maximum Gasteiger partial charge on any atom is 0.307 e. The third kappa shape index (κ3) is 4.00. The second kappa shape index (κ2) is 7.16. The van der Waals surface area contributed by atoms with Crippen molar-refractivity contribution in [3.8, 4) is 11.8 Å². The van der Waals surface area contributed by atoms with Crippen LogP contribution in [0.25, 0.3) is 0 Å². The van der Waals surface area contributed by atoms with Gasteiger partial charge in [-0.25, -0.2) is 0 Å². The lowest BCUT2D eigenvalue weighted by atomic mass is 9.96. The summed E-state index contributed by atoms with van der Waals surface area (Å²) in [6.07, 6.45) is 0.264. The van der Waals surface area contributed by atoms with E-state index in [2.05, 4.69) is 11.8 Å². The number of hydrogen-bond acceptors (Lipinski definition) is 2. The minimum Gasteiger partial charge on any atom is -0.469 e. The third-order valence-electron chi connectivity index (χ3n) is 2.96. The van der Waals surface area contributed by atoms with E-state index in [0.29, 0.717) is 0 Å². The number of carbonyl (C=O) groups excluding carboxylic acids is 1. The SMILES string of the molecule is COC(=O)CC(C#Cc1ccccc1)c1ccccc1. The summed E-state index contributed by atoms with van der Waals surface area (Å²) >= 11 is 0. The topological polar surface area (TPSA) is 26.3 Å². The van der Waals surface area contributed by atoms with Crippen LogP contribution in [0.15, 0.2) is 60.7 Å². The zero-order valence-corrected chi connectivity index (χ0v) is 11.4. The molecule has 1 unspecified atom stereocenters. The van der Waals surface area contributed by atoms with E-state index in [-0.39, 0.29) is 18.3 Å². The van der Waals surface area contributed by atoms with Gasteiger partial charge in [-0.05, 0) is 17.7 Å². The van der Waals surface area contributed by atoms with Gasteiger partial charge in [0.1, 0.15) is 0 Å². The molecule has 0 aliphatic carbocycles. The standard InChI is InChI=1S/C18H16O2/c1-20-18(19)14-17(16-10-6-3-7-11-16)13-12-15-8-4-2-5-9-15/h2-11,17H,14H2,1H3. The molecule has 1 atom stereocenters. The second-order valence-electron chi connectivity index (χ2n) is 4.38. The Labute approximate surface area is 119 Å². The molecule has 0 aliphatic heterocycles. The van der Waals surface area contributed by atoms with Crippen LogP contribution in [0.5, 0.6) is 0 Å². The minimum atomic E-state index is -0.249.